The SMILES string of the molecule is COc1nc(-c2cccc(-c3cccc(-c4cnc(CNC56CC(C5)C6)c(OC)n4)c3Cl)c2Cl)cnc1CCC12CC(C1)C2. The van der Waals surface area contributed by atoms with Gasteiger partial charge in [0.1, 0.15) is 11.4 Å². The third kappa shape index (κ3) is 4.67. The summed E-state index contributed by atoms with van der Waals surface area (Å²) in [5.41, 5.74) is 6.96. The minimum Gasteiger partial charge on any atom is -0.480 e. The van der Waals surface area contributed by atoms with Gasteiger partial charge < -0.3 is 14.8 Å². The summed E-state index contributed by atoms with van der Waals surface area (Å²) in [6, 6.07) is 11.7. The quantitative estimate of drug-likeness (QED) is 0.180. The fourth-order valence-corrected chi connectivity index (χ4v) is 8.51. The van der Waals surface area contributed by atoms with Crippen molar-refractivity contribution in [2.75, 3.05) is 14.2 Å². The molecule has 2 heterocycles. The number of aromatic nitrogens is 4. The molecule has 0 aliphatic heterocycles. The summed E-state index contributed by atoms with van der Waals surface area (Å²) in [4.78, 5) is 19.1. The monoisotopic (exact) mass is 627 g/mol. The average Bonchev–Trinajstić information content (AvgIpc) is 2.95. The first-order chi connectivity index (χ1) is 21.4. The Morgan fingerprint density at radius 1 is 0.727 bits per heavy atom. The maximum absolute atomic E-state index is 7.07. The normalized spacial score (nSPS) is 25.7. The van der Waals surface area contributed by atoms with Gasteiger partial charge in [-0.15, -0.1) is 0 Å². The Morgan fingerprint density at radius 2 is 1.23 bits per heavy atom. The van der Waals surface area contributed by atoms with Gasteiger partial charge >= 0.3 is 0 Å². The lowest BCUT2D eigenvalue weighted by molar-refractivity contribution is -0.111. The zero-order chi connectivity index (χ0) is 30.1. The largest absolute Gasteiger partial charge is 0.480 e. The van der Waals surface area contributed by atoms with E-state index in [9.17, 15) is 0 Å². The number of nitrogens with zero attached hydrogens (tertiary/aromatic N) is 4. The summed E-state index contributed by atoms with van der Waals surface area (Å²) in [6.07, 6.45) is 13.5. The van der Waals surface area contributed by atoms with Crippen LogP contribution < -0.4 is 14.8 Å². The summed E-state index contributed by atoms with van der Waals surface area (Å²) in [6.45, 7) is 0.634. The number of nitrogens with one attached hydrogen (secondary N) is 1. The molecular formula is C35H35Cl2N5O2. The van der Waals surface area contributed by atoms with E-state index >= 15 is 0 Å². The van der Waals surface area contributed by atoms with Gasteiger partial charge in [0.2, 0.25) is 11.8 Å². The maximum atomic E-state index is 7.07. The van der Waals surface area contributed by atoms with Gasteiger partial charge in [-0.1, -0.05) is 59.6 Å². The van der Waals surface area contributed by atoms with Crippen LogP contribution in [0.5, 0.6) is 11.8 Å². The van der Waals surface area contributed by atoms with E-state index in [1.165, 1.54) is 38.5 Å². The molecule has 2 aromatic heterocycles. The Bertz CT molecular complexity index is 1620. The van der Waals surface area contributed by atoms with E-state index in [0.29, 0.717) is 50.7 Å². The van der Waals surface area contributed by atoms with Gasteiger partial charge in [0.15, 0.2) is 0 Å². The minimum absolute atomic E-state index is 0.301. The van der Waals surface area contributed by atoms with E-state index in [1.54, 1.807) is 26.6 Å². The first-order valence-corrected chi connectivity index (χ1v) is 16.3. The Morgan fingerprint density at radius 3 is 1.70 bits per heavy atom. The van der Waals surface area contributed by atoms with Crippen molar-refractivity contribution < 1.29 is 9.47 Å². The van der Waals surface area contributed by atoms with E-state index in [1.807, 2.05) is 36.4 Å². The van der Waals surface area contributed by atoms with Gasteiger partial charge in [0.25, 0.3) is 0 Å². The molecular weight excluding hydrogens is 593 g/mol. The van der Waals surface area contributed by atoms with Crippen molar-refractivity contribution in [2.24, 2.45) is 17.3 Å². The third-order valence-corrected chi connectivity index (χ3v) is 11.4. The predicted molar refractivity (Wildman–Crippen MR) is 172 cm³/mol. The highest BCUT2D eigenvalue weighted by Crippen LogP contribution is 2.66. The molecule has 4 bridgehead atoms. The molecule has 0 unspecified atom stereocenters. The van der Waals surface area contributed by atoms with E-state index in [0.717, 1.165) is 58.3 Å². The van der Waals surface area contributed by atoms with Crippen molar-refractivity contribution >= 4 is 23.2 Å². The fraction of sp³-hybridized carbons (Fsp3) is 0.429. The van der Waals surface area contributed by atoms with Gasteiger partial charge in [-0.05, 0) is 68.6 Å². The van der Waals surface area contributed by atoms with Gasteiger partial charge in [-0.2, -0.15) is 0 Å². The van der Waals surface area contributed by atoms with Crippen LogP contribution in [0.3, 0.4) is 0 Å². The summed E-state index contributed by atoms with van der Waals surface area (Å²) >= 11 is 14.1. The molecule has 6 aliphatic carbocycles. The highest BCUT2D eigenvalue weighted by molar-refractivity contribution is 6.39. The highest BCUT2D eigenvalue weighted by atomic mass is 35.5. The maximum Gasteiger partial charge on any atom is 0.237 e. The van der Waals surface area contributed by atoms with Crippen LogP contribution in [0.2, 0.25) is 10.0 Å². The molecule has 0 saturated heterocycles. The molecule has 226 valence electrons. The molecule has 4 aromatic rings. The molecule has 10 rings (SSSR count). The molecule has 7 nitrogen and oxygen atoms in total. The van der Waals surface area contributed by atoms with Crippen LogP contribution in [0, 0.1) is 17.3 Å². The molecule has 6 fully saturated rings. The van der Waals surface area contributed by atoms with Crippen LogP contribution in [-0.2, 0) is 13.0 Å². The number of ether oxygens (including phenoxy) is 2. The van der Waals surface area contributed by atoms with Crippen LogP contribution in [0.25, 0.3) is 33.6 Å². The van der Waals surface area contributed by atoms with Crippen LogP contribution in [0.4, 0.5) is 0 Å². The first-order valence-electron chi connectivity index (χ1n) is 15.5. The Hall–Kier alpha value is -3.26. The molecule has 6 saturated carbocycles. The standard InChI is InChI=1S/C35H35Cl2N5O2/c1-43-32-26(9-10-34-11-20(12-34)13-34)38-17-27(41-32)24-7-3-5-22(30(24)36)23-6-4-8-25(31(23)37)28-18-39-29(33(42-28)44-2)19-40-35-14-21(15-35)16-35/h3-8,17-18,20-21,40H,9-16,19H2,1-2H3. The topological polar surface area (TPSA) is 82.1 Å². The van der Waals surface area contributed by atoms with Gasteiger partial charge in [0, 0.05) is 34.3 Å². The average molecular weight is 629 g/mol. The number of halogens is 2. The number of hydrogen-bond donors (Lipinski definition) is 1. The molecule has 2 aromatic carbocycles. The number of rotatable bonds is 11. The number of hydrogen-bond acceptors (Lipinski definition) is 7. The number of methoxy groups -OCH3 is 2. The Balaban J connectivity index is 1.06. The fourth-order valence-electron chi connectivity index (χ4n) is 7.86. The van der Waals surface area contributed by atoms with Crippen LogP contribution in [-0.4, -0.2) is 39.7 Å². The van der Waals surface area contributed by atoms with E-state index in [-0.39, 0.29) is 0 Å². The molecule has 1 N–H and O–H groups in total. The number of benzene rings is 2. The van der Waals surface area contributed by atoms with Crippen LogP contribution >= 0.6 is 23.2 Å². The molecule has 0 atom stereocenters. The molecule has 0 radical (unpaired) electrons. The Kier molecular flexibility index (Phi) is 6.85. The molecule has 6 aliphatic rings. The second-order valence-electron chi connectivity index (χ2n) is 13.3. The van der Waals surface area contributed by atoms with Crippen molar-refractivity contribution in [3.8, 4) is 45.4 Å². The van der Waals surface area contributed by atoms with Crippen molar-refractivity contribution in [3.63, 3.8) is 0 Å². The molecule has 0 spiro atoms. The predicted octanol–water partition coefficient (Wildman–Crippen LogP) is 7.97. The number of aryl methyl sites for hydroxylation is 1. The molecule has 44 heavy (non-hydrogen) atoms. The smallest absolute Gasteiger partial charge is 0.237 e. The molecule has 9 heteroatoms. The van der Waals surface area contributed by atoms with Crippen molar-refractivity contribution in [2.45, 2.75) is 63.5 Å². The second kappa shape index (κ2) is 10.7. The van der Waals surface area contributed by atoms with Crippen LogP contribution in [0.15, 0.2) is 48.8 Å². The van der Waals surface area contributed by atoms with Crippen LogP contribution in [0.1, 0.15) is 56.3 Å². The Labute approximate surface area is 267 Å². The first kappa shape index (κ1) is 28.2. The summed E-state index contributed by atoms with van der Waals surface area (Å²) in [5, 5.41) is 4.75. The van der Waals surface area contributed by atoms with Crippen molar-refractivity contribution in [1.29, 1.82) is 0 Å². The van der Waals surface area contributed by atoms with E-state index in [2.05, 4.69) is 5.32 Å². The van der Waals surface area contributed by atoms with E-state index < -0.39 is 0 Å². The minimum atomic E-state index is 0.301. The van der Waals surface area contributed by atoms with Crippen molar-refractivity contribution in [3.05, 3.63) is 70.2 Å². The summed E-state index contributed by atoms with van der Waals surface area (Å²) in [5.74, 6) is 2.95. The van der Waals surface area contributed by atoms with Gasteiger partial charge in [-0.3, -0.25) is 9.97 Å². The molecule has 0 amide bonds. The summed E-state index contributed by atoms with van der Waals surface area (Å²) < 4.78 is 11.3. The third-order valence-electron chi connectivity index (χ3n) is 10.6. The van der Waals surface area contributed by atoms with Gasteiger partial charge in [-0.25, -0.2) is 9.97 Å². The van der Waals surface area contributed by atoms with E-state index in [4.69, 9.17) is 52.6 Å². The second-order valence-corrected chi connectivity index (χ2v) is 14.1. The highest BCUT2D eigenvalue weighted by Gasteiger charge is 2.56. The van der Waals surface area contributed by atoms with Crippen molar-refractivity contribution in [1.82, 2.24) is 25.3 Å². The lowest BCUT2D eigenvalue weighted by Crippen LogP contribution is -2.66. The van der Waals surface area contributed by atoms with Gasteiger partial charge in [0.05, 0.1) is 48.0 Å². The zero-order valence-corrected chi connectivity index (χ0v) is 26.5. The lowest BCUT2D eigenvalue weighted by Gasteiger charge is -2.62. The summed E-state index contributed by atoms with van der Waals surface area (Å²) in [7, 11) is 3.28. The zero-order valence-electron chi connectivity index (χ0n) is 25.0. The lowest BCUT2D eigenvalue weighted by atomic mass is 9.43.